The molecule has 1 aromatic rings. The van der Waals surface area contributed by atoms with Crippen LogP contribution in [0.15, 0.2) is 10.6 Å². The topological polar surface area (TPSA) is 95.6 Å². The minimum Gasteiger partial charge on any atom is -0.476 e. The Hall–Kier alpha value is -1.40. The zero-order valence-corrected chi connectivity index (χ0v) is 5.44. The van der Waals surface area contributed by atoms with Crippen LogP contribution in [-0.2, 0) is 6.54 Å². The smallest absolute Gasteiger partial charge is 0.358 e. The van der Waals surface area contributed by atoms with Crippen molar-refractivity contribution in [1.82, 2.24) is 10.6 Å². The number of hydroxylamine groups is 1. The lowest BCUT2D eigenvalue weighted by Gasteiger charge is -1.86. The van der Waals surface area contributed by atoms with Gasteiger partial charge in [-0.3, -0.25) is 0 Å². The number of nitrogens with zero attached hydrogens (tertiary/aromatic N) is 1. The molecule has 1 aromatic heterocycles. The number of carboxylic acid groups (broad SMARTS) is 1. The van der Waals surface area contributed by atoms with E-state index in [1.807, 2.05) is 5.48 Å². The van der Waals surface area contributed by atoms with E-state index in [1.54, 1.807) is 0 Å². The summed E-state index contributed by atoms with van der Waals surface area (Å²) in [5, 5.41) is 19.8. The van der Waals surface area contributed by atoms with E-state index in [9.17, 15) is 4.79 Å². The predicted octanol–water partition coefficient (Wildman–Crippen LogP) is -0.148. The number of hydrogen-bond acceptors (Lipinski definition) is 5. The Morgan fingerprint density at radius 3 is 3.00 bits per heavy atom. The summed E-state index contributed by atoms with van der Waals surface area (Å²) in [6, 6.07) is 1.23. The molecule has 60 valence electrons. The van der Waals surface area contributed by atoms with Gasteiger partial charge in [-0.05, 0) is 0 Å². The Bertz CT molecular complexity index is 257. The van der Waals surface area contributed by atoms with E-state index in [1.165, 1.54) is 6.07 Å². The third-order valence-corrected chi connectivity index (χ3v) is 1.03. The van der Waals surface area contributed by atoms with Gasteiger partial charge in [0.05, 0.1) is 6.54 Å². The average Bonchev–Trinajstić information content (AvgIpc) is 2.37. The highest BCUT2D eigenvalue weighted by Gasteiger charge is 2.09. The molecule has 0 fully saturated rings. The Morgan fingerprint density at radius 1 is 1.82 bits per heavy atom. The van der Waals surface area contributed by atoms with Crippen LogP contribution in [0.2, 0.25) is 0 Å². The molecule has 0 aliphatic rings. The summed E-state index contributed by atoms with van der Waals surface area (Å²) < 4.78 is 4.51. The van der Waals surface area contributed by atoms with Crippen LogP contribution in [0.4, 0.5) is 0 Å². The van der Waals surface area contributed by atoms with Crippen molar-refractivity contribution < 1.29 is 19.6 Å². The van der Waals surface area contributed by atoms with Crippen molar-refractivity contribution >= 4 is 5.97 Å². The lowest BCUT2D eigenvalue weighted by atomic mass is 10.4. The number of carboxylic acids is 1. The summed E-state index contributed by atoms with van der Waals surface area (Å²) in [7, 11) is 0. The van der Waals surface area contributed by atoms with E-state index in [0.29, 0.717) is 0 Å². The lowest BCUT2D eigenvalue weighted by molar-refractivity contribution is 0.0685. The third kappa shape index (κ3) is 1.76. The molecule has 0 bridgehead atoms. The number of hydrogen-bond donors (Lipinski definition) is 3. The molecule has 0 unspecified atom stereocenters. The van der Waals surface area contributed by atoms with Crippen molar-refractivity contribution in [2.75, 3.05) is 0 Å². The quantitative estimate of drug-likeness (QED) is 0.529. The van der Waals surface area contributed by atoms with E-state index in [4.69, 9.17) is 10.3 Å². The molecule has 0 aromatic carbocycles. The second-order valence-electron chi connectivity index (χ2n) is 1.82. The highest BCUT2D eigenvalue weighted by atomic mass is 16.5. The van der Waals surface area contributed by atoms with E-state index >= 15 is 0 Å². The van der Waals surface area contributed by atoms with Crippen molar-refractivity contribution in [3.05, 3.63) is 17.5 Å². The van der Waals surface area contributed by atoms with Gasteiger partial charge < -0.3 is 14.8 Å². The van der Waals surface area contributed by atoms with Gasteiger partial charge in [-0.2, -0.15) is 5.48 Å². The fourth-order valence-electron chi connectivity index (χ4n) is 0.575. The molecular weight excluding hydrogens is 152 g/mol. The fraction of sp³-hybridized carbons (Fsp3) is 0.200. The molecule has 0 aliphatic carbocycles. The highest BCUT2D eigenvalue weighted by Crippen LogP contribution is 2.02. The number of nitrogens with one attached hydrogen (secondary N) is 1. The molecule has 0 spiro atoms. The number of aromatic nitrogens is 1. The van der Waals surface area contributed by atoms with Crippen molar-refractivity contribution in [1.29, 1.82) is 0 Å². The second-order valence-corrected chi connectivity index (χ2v) is 1.82. The first-order valence-electron chi connectivity index (χ1n) is 2.80. The fourth-order valence-corrected chi connectivity index (χ4v) is 0.575. The number of carbonyl (C=O) groups is 1. The summed E-state index contributed by atoms with van der Waals surface area (Å²) >= 11 is 0. The summed E-state index contributed by atoms with van der Waals surface area (Å²) in [6.07, 6.45) is 0. The van der Waals surface area contributed by atoms with Crippen molar-refractivity contribution in [2.45, 2.75) is 6.54 Å². The van der Waals surface area contributed by atoms with Crippen LogP contribution in [-0.4, -0.2) is 21.4 Å². The van der Waals surface area contributed by atoms with Gasteiger partial charge in [-0.25, -0.2) is 4.79 Å². The lowest BCUT2D eigenvalue weighted by Crippen LogP contribution is -2.04. The standard InChI is InChI=1S/C5H6N2O4/c8-5(9)4-1-3(2-6-10)11-7-4/h1,6,10H,2H2,(H,8,9). The Labute approximate surface area is 61.4 Å². The van der Waals surface area contributed by atoms with Crippen LogP contribution in [0, 0.1) is 0 Å². The van der Waals surface area contributed by atoms with Crippen molar-refractivity contribution in [3.63, 3.8) is 0 Å². The summed E-state index contributed by atoms with van der Waals surface area (Å²) in [5.74, 6) is -0.886. The second kappa shape index (κ2) is 3.13. The van der Waals surface area contributed by atoms with Gasteiger partial charge in [-0.1, -0.05) is 5.16 Å². The molecule has 1 rings (SSSR count). The minimum atomic E-state index is -1.15. The Morgan fingerprint density at radius 2 is 2.55 bits per heavy atom. The van der Waals surface area contributed by atoms with Crippen LogP contribution >= 0.6 is 0 Å². The maximum atomic E-state index is 10.2. The first-order chi connectivity index (χ1) is 5.24. The summed E-state index contributed by atoms with van der Waals surface area (Å²) in [4.78, 5) is 10.2. The average molecular weight is 158 g/mol. The summed E-state index contributed by atoms with van der Waals surface area (Å²) in [5.41, 5.74) is 1.64. The normalized spacial score (nSPS) is 9.91. The van der Waals surface area contributed by atoms with Crippen molar-refractivity contribution in [3.8, 4) is 0 Å². The largest absolute Gasteiger partial charge is 0.476 e. The maximum Gasteiger partial charge on any atom is 0.358 e. The third-order valence-electron chi connectivity index (χ3n) is 1.03. The molecule has 0 atom stereocenters. The minimum absolute atomic E-state index is 0.0419. The Balaban J connectivity index is 2.73. The molecule has 6 nitrogen and oxygen atoms in total. The highest BCUT2D eigenvalue weighted by molar-refractivity contribution is 5.85. The van der Waals surface area contributed by atoms with Gasteiger partial charge in [0.2, 0.25) is 0 Å². The van der Waals surface area contributed by atoms with E-state index in [0.717, 1.165) is 0 Å². The molecule has 6 heteroatoms. The molecular formula is C5H6N2O4. The van der Waals surface area contributed by atoms with Gasteiger partial charge in [0.25, 0.3) is 0 Å². The van der Waals surface area contributed by atoms with Crippen LogP contribution in [0.1, 0.15) is 16.2 Å². The van der Waals surface area contributed by atoms with Crippen molar-refractivity contribution in [2.24, 2.45) is 0 Å². The first kappa shape index (κ1) is 7.70. The molecule has 0 saturated carbocycles. The van der Waals surface area contributed by atoms with Gasteiger partial charge in [0, 0.05) is 6.07 Å². The number of aromatic carboxylic acids is 1. The summed E-state index contributed by atoms with van der Waals surface area (Å²) in [6.45, 7) is 0.0419. The van der Waals surface area contributed by atoms with Gasteiger partial charge >= 0.3 is 5.97 Å². The molecule has 0 aliphatic heterocycles. The van der Waals surface area contributed by atoms with E-state index in [2.05, 4.69) is 9.68 Å². The number of rotatable bonds is 3. The van der Waals surface area contributed by atoms with Crippen LogP contribution in [0.3, 0.4) is 0 Å². The molecule has 0 amide bonds. The molecule has 1 heterocycles. The monoisotopic (exact) mass is 158 g/mol. The van der Waals surface area contributed by atoms with Gasteiger partial charge in [-0.15, -0.1) is 0 Å². The van der Waals surface area contributed by atoms with Crippen LogP contribution < -0.4 is 5.48 Å². The molecule has 3 N–H and O–H groups in total. The zero-order chi connectivity index (χ0) is 8.27. The maximum absolute atomic E-state index is 10.2. The zero-order valence-electron chi connectivity index (χ0n) is 5.44. The van der Waals surface area contributed by atoms with Gasteiger partial charge in [0.1, 0.15) is 0 Å². The van der Waals surface area contributed by atoms with E-state index < -0.39 is 5.97 Å². The molecule has 0 radical (unpaired) electrons. The predicted molar refractivity (Wildman–Crippen MR) is 32.1 cm³/mol. The SMILES string of the molecule is O=C(O)c1cc(CNO)on1. The molecule has 11 heavy (non-hydrogen) atoms. The van der Waals surface area contributed by atoms with Crippen LogP contribution in [0.5, 0.6) is 0 Å². The Kier molecular flexibility index (Phi) is 2.19. The van der Waals surface area contributed by atoms with Gasteiger partial charge in [0.15, 0.2) is 11.5 Å². The molecule has 0 saturated heterocycles. The van der Waals surface area contributed by atoms with Crippen LogP contribution in [0.25, 0.3) is 0 Å². The first-order valence-corrected chi connectivity index (χ1v) is 2.80. The van der Waals surface area contributed by atoms with E-state index in [-0.39, 0.29) is 18.0 Å².